The van der Waals surface area contributed by atoms with E-state index >= 15 is 0 Å². The Morgan fingerprint density at radius 2 is 0.618 bits per heavy atom. The van der Waals surface area contributed by atoms with Gasteiger partial charge in [-0.05, 0) is 116 Å². The van der Waals surface area contributed by atoms with Crippen LogP contribution in [0.3, 0.4) is 0 Å². The van der Waals surface area contributed by atoms with Gasteiger partial charge in [0.25, 0.3) is 0 Å². The molecule has 0 saturated carbocycles. The molecule has 0 saturated heterocycles. The SMILES string of the molecule is c1ccc(-c2cc(-c3ccccc3-c3ccc4ncccc4c3)nc(-c3ccc4c(c3)C3c5ccccc5[C@H]4c4cc(-c5nc(-c6ccccc6)cc(-c6ccccc6-c6ccc7ncccc7c6)n5)ccc43)n2)cc1. The lowest BCUT2D eigenvalue weighted by molar-refractivity contribution is 0.754. The zero-order valence-electron chi connectivity index (χ0n) is 41.1. The molecule has 76 heavy (non-hydrogen) atoms. The van der Waals surface area contributed by atoms with E-state index in [0.717, 1.165) is 100 Å². The van der Waals surface area contributed by atoms with Gasteiger partial charge in [-0.15, -0.1) is 0 Å². The van der Waals surface area contributed by atoms with Gasteiger partial charge in [-0.3, -0.25) is 9.97 Å². The first-order valence-electron chi connectivity index (χ1n) is 25.8. The predicted molar refractivity (Wildman–Crippen MR) is 306 cm³/mol. The highest BCUT2D eigenvalue weighted by atomic mass is 14.9. The maximum Gasteiger partial charge on any atom is 0.160 e. The number of aromatic nitrogens is 6. The number of hydrogen-bond donors (Lipinski definition) is 0. The van der Waals surface area contributed by atoms with Crippen LogP contribution < -0.4 is 0 Å². The van der Waals surface area contributed by atoms with Crippen LogP contribution in [0.15, 0.2) is 255 Å². The van der Waals surface area contributed by atoms with E-state index in [4.69, 9.17) is 19.9 Å². The van der Waals surface area contributed by atoms with Crippen LogP contribution in [0, 0.1) is 0 Å². The number of nitrogens with zero attached hydrogens (tertiary/aromatic N) is 6. The second-order valence-corrected chi connectivity index (χ2v) is 19.8. The Morgan fingerprint density at radius 1 is 0.237 bits per heavy atom. The standard InChI is InChI=1S/C70H44N6/c1-3-15-43(16-4-1)63-41-65(53-23-9-7-21-51(53)45-29-33-61-47(37-45)19-13-35-71-61)75-69(73-63)49-27-31-57-59(39-49)67-55-25-11-12-26-56(55)68(57)60-40-50(28-32-58(60)67)70-74-64(44-17-5-2-6-18-44)42-66(76-70)54-24-10-8-22-52(54)46-30-34-62-48(38-46)20-14-36-72-62/h1-42,67-68H/t67-,68?/m1/s1. The third kappa shape index (κ3) is 7.41. The van der Waals surface area contributed by atoms with Crippen LogP contribution in [-0.4, -0.2) is 29.9 Å². The van der Waals surface area contributed by atoms with E-state index < -0.39 is 0 Å². The van der Waals surface area contributed by atoms with E-state index in [1.165, 1.54) is 33.4 Å². The topological polar surface area (TPSA) is 77.3 Å². The van der Waals surface area contributed by atoms with Crippen molar-refractivity contribution < 1.29 is 0 Å². The van der Waals surface area contributed by atoms with Crippen molar-refractivity contribution in [2.45, 2.75) is 11.8 Å². The van der Waals surface area contributed by atoms with Gasteiger partial charge in [0.1, 0.15) is 0 Å². The Balaban J connectivity index is 0.850. The number of hydrogen-bond acceptors (Lipinski definition) is 6. The summed E-state index contributed by atoms with van der Waals surface area (Å²) in [6, 6.07) is 86.2. The molecule has 0 radical (unpaired) electrons. The largest absolute Gasteiger partial charge is 0.256 e. The maximum atomic E-state index is 5.45. The summed E-state index contributed by atoms with van der Waals surface area (Å²) >= 11 is 0. The predicted octanol–water partition coefficient (Wildman–Crippen LogP) is 16.7. The van der Waals surface area contributed by atoms with Crippen molar-refractivity contribution in [3.05, 3.63) is 288 Å². The Kier molecular flexibility index (Phi) is 10.2. The lowest BCUT2D eigenvalue weighted by atomic mass is 9.61. The zero-order valence-corrected chi connectivity index (χ0v) is 41.1. The molecule has 4 heterocycles. The minimum atomic E-state index is 0.0104. The molecule has 6 heteroatoms. The molecule has 9 aromatic carbocycles. The number of pyridine rings is 2. The van der Waals surface area contributed by atoms with Crippen molar-refractivity contribution in [1.82, 2.24) is 29.9 Å². The van der Waals surface area contributed by atoms with Crippen LogP contribution in [-0.2, 0) is 0 Å². The lowest BCUT2D eigenvalue weighted by Gasteiger charge is -2.42. The highest BCUT2D eigenvalue weighted by Gasteiger charge is 2.41. The van der Waals surface area contributed by atoms with E-state index in [2.05, 4.69) is 228 Å². The molecule has 2 atom stereocenters. The molecule has 0 N–H and O–H groups in total. The molecule has 1 unspecified atom stereocenters. The van der Waals surface area contributed by atoms with Gasteiger partial charge in [-0.2, -0.15) is 0 Å². The monoisotopic (exact) mass is 968 g/mol. The van der Waals surface area contributed by atoms with Gasteiger partial charge in [-0.25, -0.2) is 19.9 Å². The molecule has 0 fully saturated rings. The molecule has 3 aliphatic rings. The fraction of sp³-hybridized carbons (Fsp3) is 0.0286. The Morgan fingerprint density at radius 3 is 1.08 bits per heavy atom. The van der Waals surface area contributed by atoms with Gasteiger partial charge in [0.2, 0.25) is 0 Å². The van der Waals surface area contributed by atoms with Crippen molar-refractivity contribution in [2.75, 3.05) is 0 Å². The summed E-state index contributed by atoms with van der Waals surface area (Å²) < 4.78 is 0. The quantitative estimate of drug-likeness (QED) is 0.151. The average molecular weight is 969 g/mol. The van der Waals surface area contributed by atoms with Crippen molar-refractivity contribution in [3.8, 4) is 90.1 Å². The van der Waals surface area contributed by atoms with Gasteiger partial charge < -0.3 is 0 Å². The smallest absolute Gasteiger partial charge is 0.160 e. The van der Waals surface area contributed by atoms with Crippen LogP contribution in [0.5, 0.6) is 0 Å². The second kappa shape index (κ2) is 17.9. The summed E-state index contributed by atoms with van der Waals surface area (Å²) in [4.78, 5) is 30.8. The average Bonchev–Trinajstić information content (AvgIpc) is 3.65. The molecule has 4 aromatic heterocycles. The van der Waals surface area contributed by atoms with Crippen molar-refractivity contribution in [2.24, 2.45) is 0 Å². The highest BCUT2D eigenvalue weighted by Crippen LogP contribution is 2.57. The van der Waals surface area contributed by atoms with E-state index in [9.17, 15) is 0 Å². The third-order valence-corrected chi connectivity index (χ3v) is 15.4. The fourth-order valence-corrected chi connectivity index (χ4v) is 11.8. The van der Waals surface area contributed by atoms with Gasteiger partial charge in [0.05, 0.1) is 33.8 Å². The first-order chi connectivity index (χ1) is 37.6. The molecule has 13 aromatic rings. The minimum Gasteiger partial charge on any atom is -0.256 e. The van der Waals surface area contributed by atoms with Crippen LogP contribution in [0.1, 0.15) is 45.2 Å². The van der Waals surface area contributed by atoms with E-state index in [0.29, 0.717) is 11.6 Å². The van der Waals surface area contributed by atoms with E-state index in [1.54, 1.807) is 0 Å². The van der Waals surface area contributed by atoms with Crippen LogP contribution >= 0.6 is 0 Å². The molecule has 6 nitrogen and oxygen atoms in total. The minimum absolute atomic E-state index is 0.0104. The molecule has 2 bridgehead atoms. The normalized spacial score (nSPS) is 14.1. The molecule has 0 aliphatic heterocycles. The van der Waals surface area contributed by atoms with Crippen molar-refractivity contribution >= 4 is 21.8 Å². The van der Waals surface area contributed by atoms with E-state index in [-0.39, 0.29) is 11.8 Å². The molecule has 16 rings (SSSR count). The number of fused-ring (bicyclic) bond motifs is 2. The second-order valence-electron chi connectivity index (χ2n) is 19.8. The number of rotatable bonds is 8. The van der Waals surface area contributed by atoms with Crippen molar-refractivity contribution in [3.63, 3.8) is 0 Å². The summed E-state index contributed by atoms with van der Waals surface area (Å²) in [6.07, 6.45) is 3.68. The fourth-order valence-electron chi connectivity index (χ4n) is 11.8. The summed E-state index contributed by atoms with van der Waals surface area (Å²) in [5, 5.41) is 2.19. The van der Waals surface area contributed by atoms with Gasteiger partial charge >= 0.3 is 0 Å². The van der Waals surface area contributed by atoms with Gasteiger partial charge in [0.15, 0.2) is 11.6 Å². The van der Waals surface area contributed by atoms with E-state index in [1.807, 2.05) is 36.7 Å². The summed E-state index contributed by atoms with van der Waals surface area (Å²) in [5.74, 6) is 1.40. The number of benzene rings is 9. The first kappa shape index (κ1) is 43.5. The molecular formula is C70H44N6. The molecule has 0 spiro atoms. The maximum absolute atomic E-state index is 5.45. The highest BCUT2D eigenvalue weighted by molar-refractivity contribution is 5.92. The van der Waals surface area contributed by atoms with Gasteiger partial charge in [0, 0.05) is 68.4 Å². The zero-order chi connectivity index (χ0) is 50.1. The lowest BCUT2D eigenvalue weighted by Crippen LogP contribution is -2.27. The third-order valence-electron chi connectivity index (χ3n) is 15.4. The van der Waals surface area contributed by atoms with Gasteiger partial charge in [-0.1, -0.05) is 182 Å². The molecular weight excluding hydrogens is 925 g/mol. The Bertz CT molecular complexity index is 4150. The summed E-state index contributed by atoms with van der Waals surface area (Å²) in [6.45, 7) is 0. The molecule has 0 amide bonds. The first-order valence-corrected chi connectivity index (χ1v) is 25.8. The van der Waals surface area contributed by atoms with Crippen molar-refractivity contribution in [1.29, 1.82) is 0 Å². The molecule has 354 valence electrons. The Hall–Kier alpha value is -10.0. The van der Waals surface area contributed by atoms with Crippen LogP contribution in [0.2, 0.25) is 0 Å². The Labute approximate surface area is 439 Å². The summed E-state index contributed by atoms with van der Waals surface area (Å²) in [7, 11) is 0. The summed E-state index contributed by atoms with van der Waals surface area (Å²) in [5.41, 5.74) is 23.8. The van der Waals surface area contributed by atoms with Crippen LogP contribution in [0.25, 0.3) is 112 Å². The molecule has 3 aliphatic carbocycles. The van der Waals surface area contributed by atoms with Crippen LogP contribution in [0.4, 0.5) is 0 Å².